The summed E-state index contributed by atoms with van der Waals surface area (Å²) in [6.45, 7) is 6.61. The van der Waals surface area contributed by atoms with Gasteiger partial charge in [-0.3, -0.25) is 4.90 Å². The van der Waals surface area contributed by atoms with Crippen molar-refractivity contribution < 1.29 is 9.84 Å². The topological polar surface area (TPSA) is 44.7 Å². The highest BCUT2D eigenvalue weighted by Gasteiger charge is 2.09. The zero-order valence-electron chi connectivity index (χ0n) is 12.2. The summed E-state index contributed by atoms with van der Waals surface area (Å²) in [6, 6.07) is 11.8. The number of hydrogen-bond donors (Lipinski definition) is 2. The lowest BCUT2D eigenvalue weighted by Crippen LogP contribution is -2.40. The van der Waals surface area contributed by atoms with Gasteiger partial charge < -0.3 is 15.2 Å². The number of fused-ring (bicyclic) bond motifs is 1. The predicted molar refractivity (Wildman–Crippen MR) is 84.6 cm³/mol. The molecule has 4 heteroatoms. The predicted octanol–water partition coefficient (Wildman–Crippen LogP) is 1.97. The smallest absolute Gasteiger partial charge is 0.123 e. The van der Waals surface area contributed by atoms with Gasteiger partial charge in [0.05, 0.1) is 13.2 Å². The average molecular weight is 286 g/mol. The molecule has 21 heavy (non-hydrogen) atoms. The molecule has 4 nitrogen and oxygen atoms in total. The number of ether oxygens (including phenoxy) is 1. The number of nitrogens with one attached hydrogen (secondary N) is 1. The van der Waals surface area contributed by atoms with Gasteiger partial charge in [0, 0.05) is 38.1 Å². The number of phenolic OH excluding ortho intramolecular Hbond substituents is 1. The molecule has 3 rings (SSSR count). The molecule has 112 valence electrons. The summed E-state index contributed by atoms with van der Waals surface area (Å²) in [5, 5.41) is 15.4. The number of aromatic hydroxyl groups is 1. The van der Waals surface area contributed by atoms with Gasteiger partial charge in [-0.2, -0.15) is 0 Å². The number of rotatable bonds is 5. The molecule has 0 atom stereocenters. The molecule has 0 spiro atoms. The largest absolute Gasteiger partial charge is 0.507 e. The minimum Gasteiger partial charge on any atom is -0.507 e. The lowest BCUT2D eigenvalue weighted by atomic mass is 10.0. The van der Waals surface area contributed by atoms with Crippen molar-refractivity contribution in [1.82, 2.24) is 10.2 Å². The van der Waals surface area contributed by atoms with E-state index in [-0.39, 0.29) is 0 Å². The third-order valence-electron chi connectivity index (χ3n) is 4.02. The van der Waals surface area contributed by atoms with E-state index < -0.39 is 0 Å². The second-order valence-corrected chi connectivity index (χ2v) is 5.42. The molecular weight excluding hydrogens is 264 g/mol. The highest BCUT2D eigenvalue weighted by molar-refractivity contribution is 5.90. The molecule has 1 saturated heterocycles. The van der Waals surface area contributed by atoms with Gasteiger partial charge in [0.2, 0.25) is 0 Å². The van der Waals surface area contributed by atoms with Crippen LogP contribution in [0.3, 0.4) is 0 Å². The van der Waals surface area contributed by atoms with Crippen LogP contribution < -0.4 is 5.32 Å². The molecular formula is C17H22N2O2. The van der Waals surface area contributed by atoms with Gasteiger partial charge in [-0.25, -0.2) is 0 Å². The summed E-state index contributed by atoms with van der Waals surface area (Å²) in [7, 11) is 0. The Hall–Kier alpha value is -1.62. The van der Waals surface area contributed by atoms with E-state index in [2.05, 4.69) is 16.3 Å². The normalized spacial score (nSPS) is 16.4. The zero-order valence-corrected chi connectivity index (χ0v) is 12.2. The summed E-state index contributed by atoms with van der Waals surface area (Å²) in [5.74, 6) is 0.350. The van der Waals surface area contributed by atoms with Crippen molar-refractivity contribution in [2.75, 3.05) is 39.4 Å². The molecule has 0 amide bonds. The maximum Gasteiger partial charge on any atom is 0.123 e. The van der Waals surface area contributed by atoms with Crippen molar-refractivity contribution in [2.24, 2.45) is 0 Å². The maximum atomic E-state index is 9.90. The Balaban J connectivity index is 1.57. The Labute approximate surface area is 125 Å². The van der Waals surface area contributed by atoms with Crippen LogP contribution in [0.2, 0.25) is 0 Å². The van der Waals surface area contributed by atoms with E-state index in [1.807, 2.05) is 24.3 Å². The molecule has 2 N–H and O–H groups in total. The number of morpholine rings is 1. The van der Waals surface area contributed by atoms with E-state index in [1.54, 1.807) is 6.07 Å². The van der Waals surface area contributed by atoms with E-state index in [0.29, 0.717) is 5.75 Å². The van der Waals surface area contributed by atoms with E-state index in [0.717, 1.165) is 56.7 Å². The van der Waals surface area contributed by atoms with Crippen LogP contribution in [-0.2, 0) is 11.3 Å². The fraction of sp³-hybridized carbons (Fsp3) is 0.412. The molecule has 1 aliphatic heterocycles. The van der Waals surface area contributed by atoms with Gasteiger partial charge in [-0.15, -0.1) is 0 Å². The Morgan fingerprint density at radius 2 is 1.81 bits per heavy atom. The Kier molecular flexibility index (Phi) is 4.70. The summed E-state index contributed by atoms with van der Waals surface area (Å²) in [4.78, 5) is 2.42. The van der Waals surface area contributed by atoms with Crippen LogP contribution in [-0.4, -0.2) is 49.4 Å². The van der Waals surface area contributed by atoms with Crippen LogP contribution in [0.1, 0.15) is 5.56 Å². The molecule has 0 unspecified atom stereocenters. The highest BCUT2D eigenvalue weighted by Crippen LogP contribution is 2.27. The van der Waals surface area contributed by atoms with Gasteiger partial charge >= 0.3 is 0 Å². The highest BCUT2D eigenvalue weighted by atomic mass is 16.5. The molecule has 2 aromatic rings. The fourth-order valence-electron chi connectivity index (χ4n) is 2.78. The quantitative estimate of drug-likeness (QED) is 0.825. The van der Waals surface area contributed by atoms with Crippen LogP contribution in [0.15, 0.2) is 36.4 Å². The van der Waals surface area contributed by atoms with Crippen molar-refractivity contribution in [3.05, 3.63) is 42.0 Å². The molecule has 0 radical (unpaired) electrons. The summed E-state index contributed by atoms with van der Waals surface area (Å²) in [5.41, 5.74) is 1.23. The first kappa shape index (κ1) is 14.3. The van der Waals surface area contributed by atoms with E-state index in [9.17, 15) is 5.11 Å². The molecule has 0 bridgehead atoms. The van der Waals surface area contributed by atoms with Gasteiger partial charge in [-0.05, 0) is 17.0 Å². The van der Waals surface area contributed by atoms with Gasteiger partial charge in [0.15, 0.2) is 0 Å². The Morgan fingerprint density at radius 3 is 2.62 bits per heavy atom. The van der Waals surface area contributed by atoms with Crippen LogP contribution in [0.5, 0.6) is 5.75 Å². The molecule has 0 saturated carbocycles. The minimum absolute atomic E-state index is 0.350. The first-order valence-corrected chi connectivity index (χ1v) is 7.55. The van der Waals surface area contributed by atoms with Crippen LogP contribution in [0.25, 0.3) is 10.8 Å². The van der Waals surface area contributed by atoms with Crippen LogP contribution >= 0.6 is 0 Å². The van der Waals surface area contributed by atoms with Crippen molar-refractivity contribution in [2.45, 2.75) is 6.54 Å². The Morgan fingerprint density at radius 1 is 1.05 bits per heavy atom. The molecule has 1 aliphatic rings. The second kappa shape index (κ2) is 6.89. The van der Waals surface area contributed by atoms with Crippen LogP contribution in [0, 0.1) is 0 Å². The third-order valence-corrected chi connectivity index (χ3v) is 4.02. The fourth-order valence-corrected chi connectivity index (χ4v) is 2.78. The molecule has 0 aromatic heterocycles. The number of benzene rings is 2. The van der Waals surface area contributed by atoms with E-state index in [1.165, 1.54) is 5.56 Å². The molecule has 1 heterocycles. The van der Waals surface area contributed by atoms with Gasteiger partial charge in [0.1, 0.15) is 5.75 Å². The first-order valence-electron chi connectivity index (χ1n) is 7.55. The zero-order chi connectivity index (χ0) is 14.5. The molecule has 2 aromatic carbocycles. The van der Waals surface area contributed by atoms with Crippen molar-refractivity contribution in [3.63, 3.8) is 0 Å². The SMILES string of the molecule is Oc1ccc(CNCCN2CCOCC2)c2ccccc12. The number of phenols is 1. The van der Waals surface area contributed by atoms with E-state index in [4.69, 9.17) is 4.74 Å². The second-order valence-electron chi connectivity index (χ2n) is 5.42. The summed E-state index contributed by atoms with van der Waals surface area (Å²) < 4.78 is 5.35. The van der Waals surface area contributed by atoms with Crippen molar-refractivity contribution >= 4 is 10.8 Å². The third kappa shape index (κ3) is 3.53. The van der Waals surface area contributed by atoms with Crippen LogP contribution in [0.4, 0.5) is 0 Å². The van der Waals surface area contributed by atoms with Crippen molar-refractivity contribution in [3.8, 4) is 5.75 Å². The average Bonchev–Trinajstić information content (AvgIpc) is 2.55. The summed E-state index contributed by atoms with van der Waals surface area (Å²) >= 11 is 0. The van der Waals surface area contributed by atoms with Crippen molar-refractivity contribution in [1.29, 1.82) is 0 Å². The minimum atomic E-state index is 0.350. The standard InChI is InChI=1S/C17H22N2O2/c20-17-6-5-14(15-3-1-2-4-16(15)17)13-18-7-8-19-9-11-21-12-10-19/h1-6,18,20H,7-13H2. The maximum absolute atomic E-state index is 9.90. The van der Waals surface area contributed by atoms with Gasteiger partial charge in [0.25, 0.3) is 0 Å². The molecule has 0 aliphatic carbocycles. The number of hydrogen-bond acceptors (Lipinski definition) is 4. The molecule has 1 fully saturated rings. The summed E-state index contributed by atoms with van der Waals surface area (Å²) in [6.07, 6.45) is 0. The van der Waals surface area contributed by atoms with Gasteiger partial charge in [-0.1, -0.05) is 30.3 Å². The monoisotopic (exact) mass is 286 g/mol. The lowest BCUT2D eigenvalue weighted by Gasteiger charge is -2.26. The van der Waals surface area contributed by atoms with E-state index >= 15 is 0 Å². The lowest BCUT2D eigenvalue weighted by molar-refractivity contribution is 0.0384. The Bertz CT molecular complexity index is 594. The first-order chi connectivity index (χ1) is 10.3. The number of nitrogens with zero attached hydrogens (tertiary/aromatic N) is 1.